The van der Waals surface area contributed by atoms with E-state index in [0.717, 1.165) is 36.1 Å². The van der Waals surface area contributed by atoms with Gasteiger partial charge in [0.2, 0.25) is 5.95 Å². The molecule has 3 aromatic rings. The highest BCUT2D eigenvalue weighted by Crippen LogP contribution is 2.33. The summed E-state index contributed by atoms with van der Waals surface area (Å²) in [6, 6.07) is 3.90. The van der Waals surface area contributed by atoms with Crippen LogP contribution in [0.1, 0.15) is 46.1 Å². The first-order valence-corrected chi connectivity index (χ1v) is 12.3. The zero-order valence-electron chi connectivity index (χ0n) is 20.4. The predicted octanol–water partition coefficient (Wildman–Crippen LogP) is 2.81. The third-order valence-corrected chi connectivity index (χ3v) is 7.17. The number of pyridine rings is 1. The van der Waals surface area contributed by atoms with Crippen LogP contribution in [-0.2, 0) is 0 Å². The maximum Gasteiger partial charge on any atom is 0.227 e. The van der Waals surface area contributed by atoms with Crippen molar-refractivity contribution in [2.75, 3.05) is 41.3 Å². The summed E-state index contributed by atoms with van der Waals surface area (Å²) >= 11 is 0. The van der Waals surface area contributed by atoms with Crippen LogP contribution >= 0.6 is 0 Å². The monoisotopic (exact) mass is 484 g/mol. The molecule has 0 saturated carbocycles. The maximum absolute atomic E-state index is 14.4. The molecule has 5 heterocycles. The Morgan fingerprint density at radius 1 is 1.23 bits per heavy atom. The van der Waals surface area contributed by atoms with E-state index < -0.39 is 11.8 Å². The van der Waals surface area contributed by atoms with E-state index in [-0.39, 0.29) is 18.7 Å². The summed E-state index contributed by atoms with van der Waals surface area (Å²) in [6.07, 6.45) is 3.71. The van der Waals surface area contributed by atoms with Crippen molar-refractivity contribution in [3.05, 3.63) is 24.5 Å². The number of β-amino-alcohol motifs (C(OH)–C–C–N with tert-alkyl or cyclic N) is 1. The number of nitrogens with zero attached hydrogens (tertiary/aromatic N) is 7. The van der Waals surface area contributed by atoms with Crippen molar-refractivity contribution >= 4 is 34.3 Å². The van der Waals surface area contributed by atoms with Crippen molar-refractivity contribution in [1.29, 1.82) is 0 Å². The maximum atomic E-state index is 14.4. The van der Waals surface area contributed by atoms with Gasteiger partial charge in [0, 0.05) is 44.1 Å². The second kappa shape index (κ2) is 9.19. The highest BCUT2D eigenvalue weighted by atomic mass is 19.1. The number of alkyl halides is 1. The number of piperidine rings is 1. The topological polar surface area (TPSA) is 115 Å². The first kappa shape index (κ1) is 23.7. The summed E-state index contributed by atoms with van der Waals surface area (Å²) < 4.78 is 16.4. The number of aliphatic hydroxyl groups excluding tert-OH is 1. The highest BCUT2D eigenvalue weighted by molar-refractivity contribution is 5.92. The van der Waals surface area contributed by atoms with E-state index in [1.165, 1.54) is 6.92 Å². The van der Waals surface area contributed by atoms with Crippen molar-refractivity contribution in [2.24, 2.45) is 0 Å². The summed E-state index contributed by atoms with van der Waals surface area (Å²) in [4.78, 5) is 17.3. The molecule has 0 radical (unpaired) electrons. The third-order valence-electron chi connectivity index (χ3n) is 7.17. The van der Waals surface area contributed by atoms with Crippen molar-refractivity contribution in [3.63, 3.8) is 0 Å². The van der Waals surface area contributed by atoms with E-state index in [1.54, 1.807) is 17.2 Å². The van der Waals surface area contributed by atoms with Crippen LogP contribution in [0.15, 0.2) is 24.5 Å². The molecule has 2 aliphatic heterocycles. The van der Waals surface area contributed by atoms with Gasteiger partial charge in [0.05, 0.1) is 29.2 Å². The molecule has 10 nitrogen and oxygen atoms in total. The number of anilines is 4. The molecule has 0 aliphatic carbocycles. The molecular formula is C24H33FN8O2. The van der Waals surface area contributed by atoms with E-state index in [9.17, 15) is 14.6 Å². The molecule has 3 aromatic heterocycles. The van der Waals surface area contributed by atoms with E-state index in [4.69, 9.17) is 5.10 Å². The van der Waals surface area contributed by atoms with Crippen LogP contribution in [0.3, 0.4) is 0 Å². The van der Waals surface area contributed by atoms with Crippen LogP contribution in [-0.4, -0.2) is 79.0 Å². The molecule has 35 heavy (non-hydrogen) atoms. The molecule has 0 amide bonds. The van der Waals surface area contributed by atoms with Gasteiger partial charge in [0.25, 0.3) is 0 Å². The minimum Gasteiger partial charge on any atom is -0.391 e. The summed E-state index contributed by atoms with van der Waals surface area (Å²) in [5, 5.41) is 29.2. The lowest BCUT2D eigenvalue weighted by atomic mass is 9.92. The van der Waals surface area contributed by atoms with Gasteiger partial charge in [-0.1, -0.05) is 6.92 Å². The van der Waals surface area contributed by atoms with Gasteiger partial charge in [0.15, 0.2) is 5.82 Å². The summed E-state index contributed by atoms with van der Waals surface area (Å²) in [7, 11) is 0. The Balaban J connectivity index is 1.41. The first-order valence-electron chi connectivity index (χ1n) is 12.3. The molecule has 11 heteroatoms. The largest absolute Gasteiger partial charge is 0.391 e. The molecule has 2 aliphatic rings. The molecule has 0 bridgehead atoms. The molecule has 0 spiro atoms. The average molecular weight is 485 g/mol. The SMILES string of the molecule is CC[C@H](C)n1nc(N2CC[C@H](O)C2)c2cnc(Nc3ccnc(N4CCC(C)(O)C(F)C4)n3)cc21. The smallest absolute Gasteiger partial charge is 0.227 e. The van der Waals surface area contributed by atoms with E-state index in [2.05, 4.69) is 39.0 Å². The van der Waals surface area contributed by atoms with Gasteiger partial charge < -0.3 is 25.3 Å². The second-order valence-electron chi connectivity index (χ2n) is 9.89. The van der Waals surface area contributed by atoms with E-state index in [1.807, 2.05) is 16.9 Å². The Hall–Kier alpha value is -3.05. The number of fused-ring (bicyclic) bond motifs is 1. The zero-order chi connectivity index (χ0) is 24.7. The van der Waals surface area contributed by atoms with E-state index >= 15 is 0 Å². The van der Waals surface area contributed by atoms with Crippen molar-refractivity contribution < 1.29 is 14.6 Å². The number of hydrogen-bond acceptors (Lipinski definition) is 9. The number of rotatable bonds is 6. The normalized spacial score (nSPS) is 25.9. The third kappa shape index (κ3) is 4.62. The summed E-state index contributed by atoms with van der Waals surface area (Å²) in [5.41, 5.74) is -0.364. The quantitative estimate of drug-likeness (QED) is 0.486. The highest BCUT2D eigenvalue weighted by Gasteiger charge is 2.38. The fraction of sp³-hybridized carbons (Fsp3) is 0.583. The average Bonchev–Trinajstić information content (AvgIpc) is 3.44. The first-order chi connectivity index (χ1) is 16.7. The Morgan fingerprint density at radius 3 is 2.77 bits per heavy atom. The standard InChI is InChI=1S/C24H33FN8O2/c1-4-15(2)33-18-11-21(27-12-17(18)22(30-33)31-9-6-16(34)13-31)28-20-5-8-26-23(29-20)32-10-7-24(3,35)19(25)14-32/h5,8,11-12,15-16,19,34-35H,4,6-7,9-10,13-14H2,1-3H3,(H,26,27,28,29)/t15-,16-,19?,24?/m0/s1. The van der Waals surface area contributed by atoms with Crippen molar-refractivity contribution in [2.45, 2.75) is 64.0 Å². The number of aromatic nitrogens is 5. The van der Waals surface area contributed by atoms with Gasteiger partial charge in [-0.05, 0) is 39.2 Å². The van der Waals surface area contributed by atoms with Gasteiger partial charge in [0.1, 0.15) is 17.8 Å². The van der Waals surface area contributed by atoms with Crippen LogP contribution in [0.25, 0.3) is 10.9 Å². The molecule has 3 N–H and O–H groups in total. The van der Waals surface area contributed by atoms with Crippen LogP contribution in [0.5, 0.6) is 0 Å². The van der Waals surface area contributed by atoms with Crippen molar-refractivity contribution in [3.8, 4) is 0 Å². The molecule has 2 fully saturated rings. The molecule has 0 aromatic carbocycles. The predicted molar refractivity (Wildman–Crippen MR) is 133 cm³/mol. The molecule has 188 valence electrons. The van der Waals surface area contributed by atoms with Gasteiger partial charge in [-0.2, -0.15) is 10.1 Å². The molecular weight excluding hydrogens is 451 g/mol. The Bertz CT molecular complexity index is 1200. The lowest BCUT2D eigenvalue weighted by molar-refractivity contribution is -0.0332. The van der Waals surface area contributed by atoms with Gasteiger partial charge >= 0.3 is 0 Å². The Labute approximate surface area is 203 Å². The lowest BCUT2D eigenvalue weighted by Gasteiger charge is -2.38. The van der Waals surface area contributed by atoms with Crippen LogP contribution in [0.2, 0.25) is 0 Å². The Kier molecular flexibility index (Phi) is 6.22. The van der Waals surface area contributed by atoms with Gasteiger partial charge in [-0.25, -0.2) is 14.4 Å². The fourth-order valence-corrected chi connectivity index (χ4v) is 4.64. The Morgan fingerprint density at radius 2 is 2.06 bits per heavy atom. The van der Waals surface area contributed by atoms with Crippen LogP contribution < -0.4 is 15.1 Å². The van der Waals surface area contributed by atoms with Gasteiger partial charge in [-0.15, -0.1) is 0 Å². The second-order valence-corrected chi connectivity index (χ2v) is 9.89. The fourth-order valence-electron chi connectivity index (χ4n) is 4.64. The number of aliphatic hydroxyl groups is 2. The number of hydrogen-bond donors (Lipinski definition) is 3. The minimum absolute atomic E-state index is 0.0444. The van der Waals surface area contributed by atoms with Crippen LogP contribution in [0, 0.1) is 0 Å². The lowest BCUT2D eigenvalue weighted by Crippen LogP contribution is -2.52. The molecule has 4 atom stereocenters. The van der Waals surface area contributed by atoms with Crippen molar-refractivity contribution in [1.82, 2.24) is 24.7 Å². The number of halogens is 1. The minimum atomic E-state index is -1.37. The molecule has 2 saturated heterocycles. The van der Waals surface area contributed by atoms with E-state index in [0.29, 0.717) is 37.1 Å². The molecule has 2 unspecified atom stereocenters. The zero-order valence-corrected chi connectivity index (χ0v) is 20.4. The van der Waals surface area contributed by atoms with Gasteiger partial charge in [-0.3, -0.25) is 4.68 Å². The number of nitrogens with one attached hydrogen (secondary N) is 1. The van der Waals surface area contributed by atoms with Crippen LogP contribution in [0.4, 0.5) is 27.8 Å². The summed E-state index contributed by atoms with van der Waals surface area (Å²) in [6.45, 7) is 7.64. The summed E-state index contributed by atoms with van der Waals surface area (Å²) in [5.74, 6) is 2.42. The molecule has 5 rings (SSSR count).